The van der Waals surface area contributed by atoms with E-state index in [4.69, 9.17) is 4.74 Å². The largest absolute Gasteiger partial charge is 0.377 e. The molecule has 0 bridgehead atoms. The van der Waals surface area contributed by atoms with E-state index in [1.165, 1.54) is 0 Å². The fourth-order valence-electron chi connectivity index (χ4n) is 3.42. The summed E-state index contributed by atoms with van der Waals surface area (Å²) < 4.78 is 19.6. The van der Waals surface area contributed by atoms with Crippen molar-refractivity contribution >= 4 is 0 Å². The molecule has 2 aliphatic heterocycles. The van der Waals surface area contributed by atoms with E-state index in [0.29, 0.717) is 30.9 Å². The highest BCUT2D eigenvalue weighted by Crippen LogP contribution is 2.48. The maximum absolute atomic E-state index is 13.7. The maximum Gasteiger partial charge on any atom is 0.115 e. The average Bonchev–Trinajstić information content (AvgIpc) is 2.66. The van der Waals surface area contributed by atoms with Crippen molar-refractivity contribution in [1.29, 1.82) is 0 Å². The van der Waals surface area contributed by atoms with Crippen LogP contribution in [-0.4, -0.2) is 42.4 Å². The van der Waals surface area contributed by atoms with Crippen LogP contribution in [0.3, 0.4) is 0 Å². The lowest BCUT2D eigenvalue weighted by Crippen LogP contribution is -2.43. The van der Waals surface area contributed by atoms with Crippen LogP contribution in [0.1, 0.15) is 47.5 Å². The summed E-state index contributed by atoms with van der Waals surface area (Å²) in [5.41, 5.74) is 0.280. The molecule has 2 heterocycles. The van der Waals surface area contributed by atoms with Gasteiger partial charge in [-0.3, -0.25) is 4.90 Å². The van der Waals surface area contributed by atoms with Gasteiger partial charge in [-0.05, 0) is 31.6 Å². The first kappa shape index (κ1) is 14.3. The molecule has 18 heavy (non-hydrogen) atoms. The minimum absolute atomic E-state index is 0.0262. The Morgan fingerprint density at radius 3 is 2.50 bits per heavy atom. The van der Waals surface area contributed by atoms with Gasteiger partial charge in [-0.1, -0.05) is 20.8 Å². The first-order valence-electron chi connectivity index (χ1n) is 7.24. The van der Waals surface area contributed by atoms with Gasteiger partial charge in [-0.15, -0.1) is 0 Å². The van der Waals surface area contributed by atoms with Crippen molar-refractivity contribution in [2.45, 2.75) is 65.3 Å². The number of rotatable bonds is 3. The van der Waals surface area contributed by atoms with Gasteiger partial charge in [0, 0.05) is 25.0 Å². The van der Waals surface area contributed by atoms with E-state index < -0.39 is 6.17 Å². The second-order valence-corrected chi connectivity index (χ2v) is 7.56. The Hall–Kier alpha value is -0.150. The fourth-order valence-corrected chi connectivity index (χ4v) is 3.42. The molecule has 106 valence electrons. The molecule has 0 aliphatic carbocycles. The molecule has 3 unspecified atom stereocenters. The zero-order valence-electron chi connectivity index (χ0n) is 12.5. The van der Waals surface area contributed by atoms with Gasteiger partial charge < -0.3 is 4.74 Å². The molecule has 0 amide bonds. The minimum atomic E-state index is -0.665. The zero-order chi connectivity index (χ0) is 13.6. The van der Waals surface area contributed by atoms with E-state index in [1.54, 1.807) is 0 Å². The average molecular weight is 257 g/mol. The lowest BCUT2D eigenvalue weighted by molar-refractivity contribution is 0.00211. The molecule has 0 aromatic carbocycles. The highest BCUT2D eigenvalue weighted by Gasteiger charge is 2.54. The summed E-state index contributed by atoms with van der Waals surface area (Å²) in [7, 11) is 0. The van der Waals surface area contributed by atoms with Crippen molar-refractivity contribution < 1.29 is 9.13 Å². The molecule has 2 saturated heterocycles. The number of hydrogen-bond donors (Lipinski definition) is 0. The van der Waals surface area contributed by atoms with Crippen LogP contribution in [0, 0.1) is 11.3 Å². The number of nitrogens with zero attached hydrogens (tertiary/aromatic N) is 1. The van der Waals surface area contributed by atoms with E-state index in [0.717, 1.165) is 13.0 Å². The highest BCUT2D eigenvalue weighted by molar-refractivity contribution is 5.08. The van der Waals surface area contributed by atoms with E-state index in [2.05, 4.69) is 39.5 Å². The number of alkyl halides is 1. The van der Waals surface area contributed by atoms with Crippen LogP contribution in [0.5, 0.6) is 0 Å². The van der Waals surface area contributed by atoms with Crippen molar-refractivity contribution in [1.82, 2.24) is 4.90 Å². The Kier molecular flexibility index (Phi) is 3.76. The molecule has 0 radical (unpaired) electrons. The SMILES string of the molecule is CC(C)OCC12CC(F)CN1CC(C(C)(C)C)C2. The van der Waals surface area contributed by atoms with E-state index in [1.807, 2.05) is 0 Å². The third-order valence-corrected chi connectivity index (χ3v) is 4.67. The van der Waals surface area contributed by atoms with Gasteiger partial charge in [-0.2, -0.15) is 0 Å². The van der Waals surface area contributed by atoms with Crippen molar-refractivity contribution in [2.75, 3.05) is 19.7 Å². The number of ether oxygens (including phenoxy) is 1. The lowest BCUT2D eigenvalue weighted by Gasteiger charge is -2.32. The topological polar surface area (TPSA) is 12.5 Å². The van der Waals surface area contributed by atoms with Crippen LogP contribution in [-0.2, 0) is 4.74 Å². The van der Waals surface area contributed by atoms with Crippen LogP contribution in [0.4, 0.5) is 4.39 Å². The van der Waals surface area contributed by atoms with Crippen LogP contribution < -0.4 is 0 Å². The maximum atomic E-state index is 13.7. The van der Waals surface area contributed by atoms with Gasteiger partial charge >= 0.3 is 0 Å². The standard InChI is InChI=1S/C15H28FNO/c1-11(2)18-10-15-6-12(14(3,4)5)8-17(15)9-13(16)7-15/h11-13H,6-10H2,1-5H3. The summed E-state index contributed by atoms with van der Waals surface area (Å²) in [6.07, 6.45) is 1.31. The molecule has 0 N–H and O–H groups in total. The molecule has 2 fully saturated rings. The molecular weight excluding hydrogens is 229 g/mol. The van der Waals surface area contributed by atoms with E-state index >= 15 is 0 Å². The van der Waals surface area contributed by atoms with Crippen LogP contribution >= 0.6 is 0 Å². The monoisotopic (exact) mass is 257 g/mol. The predicted octanol–water partition coefficient (Wildman–Crippen LogP) is 3.26. The Bertz CT molecular complexity index is 299. The van der Waals surface area contributed by atoms with Crippen LogP contribution in [0.2, 0.25) is 0 Å². The second-order valence-electron chi connectivity index (χ2n) is 7.56. The van der Waals surface area contributed by atoms with Crippen molar-refractivity contribution in [3.63, 3.8) is 0 Å². The molecule has 3 heteroatoms. The minimum Gasteiger partial charge on any atom is -0.377 e. The van der Waals surface area contributed by atoms with Crippen molar-refractivity contribution in [3.8, 4) is 0 Å². The summed E-state index contributed by atoms with van der Waals surface area (Å²) in [4.78, 5) is 2.36. The van der Waals surface area contributed by atoms with Gasteiger partial charge in [0.2, 0.25) is 0 Å². The van der Waals surface area contributed by atoms with Gasteiger partial charge in [0.15, 0.2) is 0 Å². The third-order valence-electron chi connectivity index (χ3n) is 4.67. The van der Waals surface area contributed by atoms with Gasteiger partial charge in [-0.25, -0.2) is 4.39 Å². The Labute approximate surface area is 111 Å². The smallest absolute Gasteiger partial charge is 0.115 e. The summed E-state index contributed by atoms with van der Waals surface area (Å²) in [6.45, 7) is 13.3. The summed E-state index contributed by atoms with van der Waals surface area (Å²) in [6, 6.07) is 0. The van der Waals surface area contributed by atoms with Gasteiger partial charge in [0.1, 0.15) is 6.17 Å². The van der Waals surface area contributed by atoms with Gasteiger partial charge in [0.25, 0.3) is 0 Å². The molecule has 0 aromatic heterocycles. The third kappa shape index (κ3) is 2.72. The number of hydrogen-bond acceptors (Lipinski definition) is 2. The van der Waals surface area contributed by atoms with E-state index in [9.17, 15) is 4.39 Å². The lowest BCUT2D eigenvalue weighted by atomic mass is 9.76. The molecule has 3 atom stereocenters. The number of fused-ring (bicyclic) bond motifs is 1. The molecule has 0 spiro atoms. The zero-order valence-corrected chi connectivity index (χ0v) is 12.5. The highest BCUT2D eigenvalue weighted by atomic mass is 19.1. The fraction of sp³-hybridized carbons (Fsp3) is 1.00. The summed E-state index contributed by atoms with van der Waals surface area (Å²) >= 11 is 0. The Morgan fingerprint density at radius 2 is 1.94 bits per heavy atom. The van der Waals surface area contributed by atoms with Crippen molar-refractivity contribution in [3.05, 3.63) is 0 Å². The molecule has 2 rings (SSSR count). The summed E-state index contributed by atoms with van der Waals surface area (Å²) in [5, 5.41) is 0. The Balaban J connectivity index is 2.09. The van der Waals surface area contributed by atoms with Gasteiger partial charge in [0.05, 0.1) is 12.7 Å². The number of halogens is 1. The first-order chi connectivity index (χ1) is 8.23. The Morgan fingerprint density at radius 1 is 1.28 bits per heavy atom. The molecule has 2 nitrogen and oxygen atoms in total. The molecular formula is C15H28FNO. The van der Waals surface area contributed by atoms with E-state index in [-0.39, 0.29) is 11.6 Å². The predicted molar refractivity (Wildman–Crippen MR) is 72.5 cm³/mol. The van der Waals surface area contributed by atoms with Crippen LogP contribution in [0.25, 0.3) is 0 Å². The normalized spacial score (nSPS) is 37.5. The summed E-state index contributed by atoms with van der Waals surface area (Å²) in [5.74, 6) is 0.653. The molecule has 2 aliphatic rings. The van der Waals surface area contributed by atoms with Crippen molar-refractivity contribution in [2.24, 2.45) is 11.3 Å². The molecule has 0 saturated carbocycles. The molecule has 0 aromatic rings. The second kappa shape index (κ2) is 4.75. The first-order valence-corrected chi connectivity index (χ1v) is 7.24. The van der Waals surface area contributed by atoms with Crippen LogP contribution in [0.15, 0.2) is 0 Å². The quantitative estimate of drug-likeness (QED) is 0.769.